The van der Waals surface area contributed by atoms with Gasteiger partial charge >= 0.3 is 5.97 Å². The largest absolute Gasteiger partial charge is 0.467 e. The fourth-order valence-electron chi connectivity index (χ4n) is 6.60. The van der Waals surface area contributed by atoms with E-state index in [0.29, 0.717) is 17.9 Å². The van der Waals surface area contributed by atoms with Crippen molar-refractivity contribution in [3.8, 4) is 22.4 Å². The van der Waals surface area contributed by atoms with Crippen molar-refractivity contribution in [2.45, 2.75) is 84.0 Å². The average Bonchev–Trinajstić information content (AvgIpc) is 3.46. The molecule has 6 bridgehead atoms. The van der Waals surface area contributed by atoms with Gasteiger partial charge in [-0.2, -0.15) is 9.61 Å². The summed E-state index contributed by atoms with van der Waals surface area (Å²) < 4.78 is 20.1. The molecule has 0 unspecified atom stereocenters. The zero-order valence-corrected chi connectivity index (χ0v) is 28.0. The minimum atomic E-state index is -0.968. The Balaban J connectivity index is 1.54. The number of allylic oxidation sites excluding steroid dienone is 1. The van der Waals surface area contributed by atoms with Crippen LogP contribution in [0.1, 0.15) is 76.3 Å². The molecule has 3 aliphatic rings. The average molecular weight is 623 g/mol. The number of hydrogen-bond acceptors (Lipinski definition) is 7. The van der Waals surface area contributed by atoms with Crippen molar-refractivity contribution in [3.63, 3.8) is 0 Å². The first kappa shape index (κ1) is 32.0. The molecule has 46 heavy (non-hydrogen) atoms. The molecule has 0 amide bonds. The number of methoxy groups -OCH3 is 1. The van der Waals surface area contributed by atoms with E-state index in [0.717, 1.165) is 73.5 Å². The second-order valence-corrected chi connectivity index (χ2v) is 13.7. The molecule has 242 valence electrons. The first-order valence-corrected chi connectivity index (χ1v) is 16.4. The van der Waals surface area contributed by atoms with Gasteiger partial charge in [0, 0.05) is 30.4 Å². The summed E-state index contributed by atoms with van der Waals surface area (Å²) in [6.45, 7) is 12.0. The van der Waals surface area contributed by atoms with Gasteiger partial charge in [-0.1, -0.05) is 54.6 Å². The molecule has 0 spiro atoms. The van der Waals surface area contributed by atoms with Crippen LogP contribution in [0.2, 0.25) is 0 Å². The Hall–Kier alpha value is -4.01. The van der Waals surface area contributed by atoms with Crippen LogP contribution in [0.4, 0.5) is 5.82 Å². The molecule has 7 rings (SSSR count). The number of aromatic nitrogens is 3. The third kappa shape index (κ3) is 6.74. The van der Waals surface area contributed by atoms with Crippen LogP contribution < -0.4 is 4.90 Å². The Morgan fingerprint density at radius 2 is 1.78 bits per heavy atom. The van der Waals surface area contributed by atoms with Crippen molar-refractivity contribution in [2.24, 2.45) is 0 Å². The monoisotopic (exact) mass is 622 g/mol. The number of carbonyl (C=O) groups excluding carboxylic acids is 1. The normalized spacial score (nSPS) is 18.3. The van der Waals surface area contributed by atoms with Crippen molar-refractivity contribution < 1.29 is 19.0 Å². The molecule has 1 atom stereocenters. The summed E-state index contributed by atoms with van der Waals surface area (Å²) in [6.07, 6.45) is 8.20. The van der Waals surface area contributed by atoms with Gasteiger partial charge in [0.25, 0.3) is 0 Å². The number of carbonyl (C=O) groups is 1. The summed E-state index contributed by atoms with van der Waals surface area (Å²) in [5, 5.41) is 5.18. The van der Waals surface area contributed by atoms with Crippen molar-refractivity contribution in [1.82, 2.24) is 14.6 Å². The van der Waals surface area contributed by atoms with Crippen LogP contribution in [0.25, 0.3) is 28.0 Å². The van der Waals surface area contributed by atoms with Crippen LogP contribution in [-0.4, -0.2) is 58.6 Å². The quantitative estimate of drug-likeness (QED) is 0.171. The first-order chi connectivity index (χ1) is 22.0. The number of esters is 1. The fourth-order valence-corrected chi connectivity index (χ4v) is 6.60. The predicted octanol–water partition coefficient (Wildman–Crippen LogP) is 7.67. The van der Waals surface area contributed by atoms with Crippen LogP contribution in [0.15, 0.2) is 66.7 Å². The molecule has 0 saturated carbocycles. The minimum absolute atomic E-state index is 0.249. The van der Waals surface area contributed by atoms with Gasteiger partial charge in [0.1, 0.15) is 5.82 Å². The summed E-state index contributed by atoms with van der Waals surface area (Å²) in [6, 6.07) is 19.3. The number of aryl methyl sites for hydroxylation is 2. The lowest BCUT2D eigenvalue weighted by Gasteiger charge is -2.41. The third-order valence-corrected chi connectivity index (χ3v) is 9.07. The second kappa shape index (κ2) is 13.0. The highest BCUT2D eigenvalue weighted by Gasteiger charge is 2.38. The van der Waals surface area contributed by atoms with E-state index in [1.165, 1.54) is 18.2 Å². The Morgan fingerprint density at radius 1 is 1.02 bits per heavy atom. The molecule has 2 aromatic carbocycles. The van der Waals surface area contributed by atoms with Crippen LogP contribution in [0.3, 0.4) is 0 Å². The Morgan fingerprint density at radius 3 is 2.54 bits per heavy atom. The van der Waals surface area contributed by atoms with Crippen molar-refractivity contribution in [3.05, 3.63) is 83.6 Å². The maximum atomic E-state index is 13.4. The van der Waals surface area contributed by atoms with Gasteiger partial charge in [-0.05, 0) is 89.5 Å². The number of fused-ring (bicyclic) bond motifs is 7. The number of rotatable bonds is 3. The topological polar surface area (TPSA) is 78.2 Å². The van der Waals surface area contributed by atoms with E-state index >= 15 is 0 Å². The van der Waals surface area contributed by atoms with Gasteiger partial charge in [0.05, 0.1) is 36.2 Å². The Bertz CT molecular complexity index is 1740. The number of anilines is 1. The van der Waals surface area contributed by atoms with E-state index in [1.54, 1.807) is 0 Å². The molecule has 0 radical (unpaired) electrons. The van der Waals surface area contributed by atoms with Gasteiger partial charge in [-0.25, -0.2) is 9.78 Å². The van der Waals surface area contributed by atoms with Crippen LogP contribution in [0, 0.1) is 6.92 Å². The summed E-state index contributed by atoms with van der Waals surface area (Å²) >= 11 is 0. The molecule has 1 fully saturated rings. The molecular weight excluding hydrogens is 576 g/mol. The summed E-state index contributed by atoms with van der Waals surface area (Å²) in [4.78, 5) is 20.7. The van der Waals surface area contributed by atoms with E-state index in [9.17, 15) is 4.79 Å². The van der Waals surface area contributed by atoms with E-state index in [2.05, 4.69) is 72.5 Å². The van der Waals surface area contributed by atoms with Crippen molar-refractivity contribution in [1.29, 1.82) is 0 Å². The van der Waals surface area contributed by atoms with E-state index in [-0.39, 0.29) is 5.60 Å². The number of nitrogens with zero attached hydrogens (tertiary/aromatic N) is 4. The van der Waals surface area contributed by atoms with Gasteiger partial charge in [-0.15, -0.1) is 0 Å². The lowest BCUT2D eigenvalue weighted by molar-refractivity contribution is -0.164. The third-order valence-electron chi connectivity index (χ3n) is 9.07. The highest BCUT2D eigenvalue weighted by atomic mass is 16.6. The molecule has 8 nitrogen and oxygen atoms in total. The molecule has 1 saturated heterocycles. The first-order valence-electron chi connectivity index (χ1n) is 16.4. The van der Waals surface area contributed by atoms with Crippen molar-refractivity contribution in [2.75, 3.05) is 31.7 Å². The maximum Gasteiger partial charge on any atom is 0.339 e. The lowest BCUT2D eigenvalue weighted by atomic mass is 9.92. The molecule has 0 N–H and O–H groups in total. The standard InChI is InChI=1S/C38H46N4O4/c1-26-33(34(36(43)44-6)46-37(2,3)4)35-41-21-19-38(5,20-22-41)45-23-12-8-7-9-14-27-15-10-11-18-30(27)28-16-13-17-29(24-28)31-25-32(39-26)42(35)40-31/h8,10-13,15-18,24-25,34H,7,9,14,19-23H2,1-6H3/b12-8-/t34-/m0/s1. The molecule has 0 aliphatic carbocycles. The van der Waals surface area contributed by atoms with Crippen molar-refractivity contribution >= 4 is 17.4 Å². The Kier molecular flexibility index (Phi) is 9.03. The molecule has 5 heterocycles. The van der Waals surface area contributed by atoms with Crippen LogP contribution in [-0.2, 0) is 25.4 Å². The Labute approximate surface area is 272 Å². The van der Waals surface area contributed by atoms with Crippen LogP contribution >= 0.6 is 0 Å². The fraction of sp³-hybridized carbons (Fsp3) is 0.447. The molecule has 8 heteroatoms. The highest BCUT2D eigenvalue weighted by Crippen LogP contribution is 2.39. The molecule has 4 aromatic rings. The number of ether oxygens (including phenoxy) is 3. The second-order valence-electron chi connectivity index (χ2n) is 13.7. The number of piperidine rings is 1. The van der Waals surface area contributed by atoms with Gasteiger partial charge in [0.2, 0.25) is 0 Å². The minimum Gasteiger partial charge on any atom is -0.467 e. The highest BCUT2D eigenvalue weighted by molar-refractivity contribution is 5.81. The van der Waals surface area contributed by atoms with E-state index < -0.39 is 17.7 Å². The maximum absolute atomic E-state index is 13.4. The van der Waals surface area contributed by atoms with E-state index in [4.69, 9.17) is 24.3 Å². The predicted molar refractivity (Wildman–Crippen MR) is 182 cm³/mol. The zero-order valence-electron chi connectivity index (χ0n) is 28.0. The smallest absolute Gasteiger partial charge is 0.339 e. The summed E-state index contributed by atoms with van der Waals surface area (Å²) in [7, 11) is 1.40. The number of hydrogen-bond donors (Lipinski definition) is 0. The number of benzene rings is 2. The summed E-state index contributed by atoms with van der Waals surface area (Å²) in [5.74, 6) is 0.351. The summed E-state index contributed by atoms with van der Waals surface area (Å²) in [5.41, 5.74) is 6.83. The van der Waals surface area contributed by atoms with Crippen LogP contribution in [0.5, 0.6) is 0 Å². The SMILES string of the molecule is COC(=O)[C@@H](OC(C)(C)C)c1c(C)nc2cc3nn2c1N1CCC(C)(CC1)OC/C=C\CCCc1ccccc1-c1cccc-3c1. The van der Waals surface area contributed by atoms with E-state index in [1.807, 2.05) is 38.3 Å². The molecule has 3 aliphatic heterocycles. The lowest BCUT2D eigenvalue weighted by Crippen LogP contribution is -2.45. The van der Waals surface area contributed by atoms with Gasteiger partial charge in [-0.3, -0.25) is 0 Å². The zero-order chi connectivity index (χ0) is 32.5. The van der Waals surface area contributed by atoms with Gasteiger partial charge < -0.3 is 19.1 Å². The molecular formula is C38H46N4O4. The molecule has 2 aromatic heterocycles. The van der Waals surface area contributed by atoms with Gasteiger partial charge in [0.15, 0.2) is 11.8 Å².